The molecule has 3 heteroatoms. The van der Waals surface area contributed by atoms with Crippen LogP contribution in [0.5, 0.6) is 0 Å². The van der Waals surface area contributed by atoms with Gasteiger partial charge in [0.25, 0.3) is 0 Å². The Morgan fingerprint density at radius 1 is 1.83 bits per heavy atom. The molecule has 0 radical (unpaired) electrons. The second-order valence-corrected chi connectivity index (χ2v) is 3.43. The molecule has 2 atom stereocenters. The van der Waals surface area contributed by atoms with Crippen LogP contribution in [-0.2, 0) is 4.74 Å². The largest absolute Gasteiger partial charge is 0.458 e. The molecule has 0 aliphatic heterocycles. The van der Waals surface area contributed by atoms with Crippen LogP contribution in [-0.4, -0.2) is 12.3 Å². The van der Waals surface area contributed by atoms with Crippen molar-refractivity contribution in [1.82, 2.24) is 0 Å². The lowest BCUT2D eigenvalue weighted by Crippen LogP contribution is -2.02. The van der Waals surface area contributed by atoms with Gasteiger partial charge in [0.15, 0.2) is 0 Å². The van der Waals surface area contributed by atoms with Crippen molar-refractivity contribution in [3.05, 3.63) is 23.8 Å². The van der Waals surface area contributed by atoms with E-state index in [9.17, 15) is 4.79 Å². The summed E-state index contributed by atoms with van der Waals surface area (Å²) in [5, 5.41) is 0. The van der Waals surface area contributed by atoms with Crippen molar-refractivity contribution >= 4 is 15.0 Å². The topological polar surface area (TPSA) is 26.3 Å². The van der Waals surface area contributed by atoms with Crippen molar-refractivity contribution in [3.63, 3.8) is 0 Å². The van der Waals surface area contributed by atoms with Gasteiger partial charge >= 0.3 is 5.71 Å². The first-order chi connectivity index (χ1) is 5.68. The van der Waals surface area contributed by atoms with E-state index in [0.717, 1.165) is 12.0 Å². The molecule has 0 fully saturated rings. The minimum Gasteiger partial charge on any atom is -0.458 e. The van der Waals surface area contributed by atoms with E-state index in [4.69, 9.17) is 4.74 Å². The molecule has 0 spiro atoms. The van der Waals surface area contributed by atoms with Gasteiger partial charge in [-0.1, -0.05) is 25.2 Å². The van der Waals surface area contributed by atoms with Crippen molar-refractivity contribution in [2.24, 2.45) is 5.92 Å². The van der Waals surface area contributed by atoms with Crippen LogP contribution in [0.25, 0.3) is 0 Å². The molecule has 0 bridgehead atoms. The van der Waals surface area contributed by atoms with Crippen LogP contribution in [0, 0.1) is 5.92 Å². The zero-order chi connectivity index (χ0) is 8.97. The minimum atomic E-state index is -0.303. The van der Waals surface area contributed by atoms with E-state index in [0.29, 0.717) is 12.5 Å². The first-order valence-electron chi connectivity index (χ1n) is 3.98. The Morgan fingerprint density at radius 2 is 2.58 bits per heavy atom. The molecule has 66 valence electrons. The predicted molar refractivity (Wildman–Crippen MR) is 52.1 cm³/mol. The van der Waals surface area contributed by atoms with Crippen LogP contribution >= 0.6 is 9.24 Å². The summed E-state index contributed by atoms with van der Waals surface area (Å²) in [6.45, 7) is 2.55. The van der Waals surface area contributed by atoms with E-state index in [-0.39, 0.29) is 5.71 Å². The van der Waals surface area contributed by atoms with Crippen LogP contribution in [0.4, 0.5) is 4.79 Å². The molecule has 1 rings (SSSR count). The highest BCUT2D eigenvalue weighted by Crippen LogP contribution is 2.15. The highest BCUT2D eigenvalue weighted by atomic mass is 31.0. The molecule has 2 nitrogen and oxygen atoms in total. The highest BCUT2D eigenvalue weighted by molar-refractivity contribution is 7.39. The summed E-state index contributed by atoms with van der Waals surface area (Å²) in [5.74, 6) is 0.612. The zero-order valence-corrected chi connectivity index (χ0v) is 8.27. The lowest BCUT2D eigenvalue weighted by atomic mass is 9.99. The summed E-state index contributed by atoms with van der Waals surface area (Å²) >= 11 is 0. The van der Waals surface area contributed by atoms with Gasteiger partial charge in [0.05, 0.1) is 0 Å². The van der Waals surface area contributed by atoms with Crippen molar-refractivity contribution in [2.45, 2.75) is 13.3 Å². The Kier molecular flexibility index (Phi) is 3.48. The van der Waals surface area contributed by atoms with Gasteiger partial charge in [-0.25, -0.2) is 4.79 Å². The summed E-state index contributed by atoms with van der Waals surface area (Å²) < 4.78 is 4.82. The second-order valence-electron chi connectivity index (χ2n) is 2.96. The Morgan fingerprint density at radius 3 is 3.08 bits per heavy atom. The summed E-state index contributed by atoms with van der Waals surface area (Å²) in [6, 6.07) is 0. The van der Waals surface area contributed by atoms with Crippen molar-refractivity contribution in [2.75, 3.05) is 6.61 Å². The van der Waals surface area contributed by atoms with E-state index in [1.54, 1.807) is 0 Å². The van der Waals surface area contributed by atoms with Crippen LogP contribution < -0.4 is 0 Å². The van der Waals surface area contributed by atoms with E-state index >= 15 is 0 Å². The average molecular weight is 184 g/mol. The average Bonchev–Trinajstić information content (AvgIpc) is 2.03. The lowest BCUT2D eigenvalue weighted by molar-refractivity contribution is 0.185. The van der Waals surface area contributed by atoms with E-state index in [1.165, 1.54) is 0 Å². The first-order valence-corrected chi connectivity index (χ1v) is 4.55. The molecule has 12 heavy (non-hydrogen) atoms. The number of rotatable bonds is 2. The number of hydrogen-bond donors (Lipinski definition) is 0. The van der Waals surface area contributed by atoms with Crippen LogP contribution in [0.15, 0.2) is 23.8 Å². The fourth-order valence-electron chi connectivity index (χ4n) is 1.03. The summed E-state index contributed by atoms with van der Waals surface area (Å²) in [6.07, 6.45) is 7.30. The smallest absolute Gasteiger partial charge is 0.320 e. The molecule has 0 N–H and O–H groups in total. The summed E-state index contributed by atoms with van der Waals surface area (Å²) in [4.78, 5) is 10.4. The highest BCUT2D eigenvalue weighted by Gasteiger charge is 2.03. The normalized spacial score (nSPS) is 21.8. The fraction of sp³-hybridized carbons (Fsp3) is 0.444. The predicted octanol–water partition coefficient (Wildman–Crippen LogP) is 2.52. The summed E-state index contributed by atoms with van der Waals surface area (Å²) in [7, 11) is 1.99. The van der Waals surface area contributed by atoms with Gasteiger partial charge in [-0.3, -0.25) is 0 Å². The molecule has 0 amide bonds. The monoisotopic (exact) mass is 184 g/mol. The van der Waals surface area contributed by atoms with Gasteiger partial charge < -0.3 is 4.74 Å². The maximum atomic E-state index is 10.4. The fourth-order valence-corrected chi connectivity index (χ4v) is 1.12. The molecule has 1 aliphatic carbocycles. The second kappa shape index (κ2) is 4.42. The third kappa shape index (κ3) is 3.19. The minimum absolute atomic E-state index is 0.303. The molecule has 0 aromatic rings. The maximum absolute atomic E-state index is 10.4. The zero-order valence-electron chi connectivity index (χ0n) is 7.12. The van der Waals surface area contributed by atoms with Gasteiger partial charge in [-0.15, -0.1) is 0 Å². The Hall–Kier alpha value is -0.620. The van der Waals surface area contributed by atoms with Crippen LogP contribution in [0.3, 0.4) is 0 Å². The third-order valence-electron chi connectivity index (χ3n) is 1.77. The standard InChI is InChI=1S/C9H13O2P/c1-7-2-4-8(5-3-7)6-11-9(10)12/h2,4-5,7H,3,6,12H2,1H3. The molecular weight excluding hydrogens is 171 g/mol. The quantitative estimate of drug-likeness (QED) is 0.616. The molecule has 0 aromatic heterocycles. The van der Waals surface area contributed by atoms with Gasteiger partial charge in [-0.2, -0.15) is 0 Å². The molecule has 1 aliphatic rings. The SMILES string of the molecule is CC1C=CC(COC(=O)P)=CC1. The number of hydrogen-bond acceptors (Lipinski definition) is 2. The summed E-state index contributed by atoms with van der Waals surface area (Å²) in [5.41, 5.74) is 0.784. The van der Waals surface area contributed by atoms with Gasteiger partial charge in [-0.05, 0) is 27.2 Å². The number of ether oxygens (including phenoxy) is 1. The van der Waals surface area contributed by atoms with Crippen LogP contribution in [0.2, 0.25) is 0 Å². The molecule has 0 saturated carbocycles. The maximum Gasteiger partial charge on any atom is 0.320 e. The first kappa shape index (κ1) is 9.47. The van der Waals surface area contributed by atoms with Crippen molar-refractivity contribution in [3.8, 4) is 0 Å². The van der Waals surface area contributed by atoms with E-state index in [2.05, 4.69) is 19.1 Å². The molecule has 0 aromatic carbocycles. The Labute approximate surface area is 74.9 Å². The van der Waals surface area contributed by atoms with Crippen LogP contribution in [0.1, 0.15) is 13.3 Å². The van der Waals surface area contributed by atoms with E-state index < -0.39 is 0 Å². The van der Waals surface area contributed by atoms with Gasteiger partial charge in [0, 0.05) is 0 Å². The van der Waals surface area contributed by atoms with Gasteiger partial charge in [0.2, 0.25) is 0 Å². The number of carbonyl (C=O) groups is 1. The number of allylic oxidation sites excluding steroid dienone is 2. The molecular formula is C9H13O2P. The van der Waals surface area contributed by atoms with Crippen molar-refractivity contribution in [1.29, 1.82) is 0 Å². The van der Waals surface area contributed by atoms with Gasteiger partial charge in [0.1, 0.15) is 6.61 Å². The Balaban J connectivity index is 2.35. The molecule has 0 saturated heterocycles. The van der Waals surface area contributed by atoms with E-state index in [1.807, 2.05) is 15.3 Å². The molecule has 2 unspecified atom stereocenters. The molecule has 0 heterocycles. The van der Waals surface area contributed by atoms with Crippen molar-refractivity contribution < 1.29 is 9.53 Å². The lowest BCUT2D eigenvalue weighted by Gasteiger charge is -2.10. The Bertz CT molecular complexity index is 231. The third-order valence-corrected chi connectivity index (χ3v) is 1.94. The number of carbonyl (C=O) groups excluding carboxylic acids is 1.